The van der Waals surface area contributed by atoms with E-state index in [1.54, 1.807) is 0 Å². The topological polar surface area (TPSA) is 119 Å². The highest BCUT2D eigenvalue weighted by atomic mass is 32.2. The van der Waals surface area contributed by atoms with Gasteiger partial charge in [0.1, 0.15) is 11.5 Å². The van der Waals surface area contributed by atoms with Gasteiger partial charge in [0, 0.05) is 37.5 Å². The van der Waals surface area contributed by atoms with E-state index < -0.39 is 15.7 Å². The first-order valence-electron chi connectivity index (χ1n) is 10.4. The van der Waals surface area contributed by atoms with Crippen molar-refractivity contribution in [3.63, 3.8) is 0 Å². The average molecular weight is 440 g/mol. The summed E-state index contributed by atoms with van der Waals surface area (Å²) in [6, 6.07) is 3.00. The van der Waals surface area contributed by atoms with Crippen molar-refractivity contribution in [3.05, 3.63) is 17.7 Å². The molecule has 9 heteroatoms. The van der Waals surface area contributed by atoms with Crippen molar-refractivity contribution in [3.8, 4) is 5.75 Å². The summed E-state index contributed by atoms with van der Waals surface area (Å²) in [4.78, 5) is 26.9. The standard InChI is InChI=1S/C21H33N3O5S/c1-5-16(25)10-14-8-9-15(24(14)6-2)13-23-21(26)17-11-20(30(27,28)7-3)18(22)12-19(17)29-4/h11-12,14-15H,5-10,13,22H2,1-4H3,(H,23,26)/t14?,15-/m0/s1. The van der Waals surface area contributed by atoms with Gasteiger partial charge >= 0.3 is 0 Å². The number of nitrogens with zero attached hydrogens (tertiary/aromatic N) is 1. The molecule has 0 aromatic heterocycles. The zero-order valence-electron chi connectivity index (χ0n) is 18.2. The normalized spacial score (nSPS) is 19.6. The van der Waals surface area contributed by atoms with Crippen molar-refractivity contribution in [1.82, 2.24) is 10.2 Å². The Morgan fingerprint density at radius 1 is 1.20 bits per heavy atom. The second-order valence-electron chi connectivity index (χ2n) is 7.52. The molecule has 2 rings (SSSR count). The molecule has 0 bridgehead atoms. The molecule has 1 heterocycles. The van der Waals surface area contributed by atoms with E-state index in [0.29, 0.717) is 19.4 Å². The smallest absolute Gasteiger partial charge is 0.255 e. The van der Waals surface area contributed by atoms with E-state index in [9.17, 15) is 18.0 Å². The van der Waals surface area contributed by atoms with Crippen LogP contribution in [-0.2, 0) is 14.6 Å². The highest BCUT2D eigenvalue weighted by Gasteiger charge is 2.33. The molecule has 168 valence electrons. The first-order chi connectivity index (χ1) is 14.2. The number of sulfone groups is 1. The monoisotopic (exact) mass is 439 g/mol. The zero-order chi connectivity index (χ0) is 22.5. The zero-order valence-corrected chi connectivity index (χ0v) is 19.0. The fourth-order valence-corrected chi connectivity index (χ4v) is 5.06. The third-order valence-electron chi connectivity index (χ3n) is 5.78. The quantitative estimate of drug-likeness (QED) is 0.535. The summed E-state index contributed by atoms with van der Waals surface area (Å²) in [5, 5.41) is 2.90. The van der Waals surface area contributed by atoms with E-state index in [-0.39, 0.29) is 45.5 Å². The molecule has 1 saturated heterocycles. The van der Waals surface area contributed by atoms with Gasteiger partial charge in [-0.15, -0.1) is 0 Å². The van der Waals surface area contributed by atoms with E-state index in [4.69, 9.17) is 10.5 Å². The molecule has 0 aliphatic carbocycles. The molecule has 1 fully saturated rings. The number of amides is 1. The van der Waals surface area contributed by atoms with E-state index in [1.807, 2.05) is 6.92 Å². The summed E-state index contributed by atoms with van der Waals surface area (Å²) in [5.41, 5.74) is 6.07. The SMILES string of the molecule is CCC(=O)CC1CC[C@@H](CNC(=O)c2cc(S(=O)(=O)CC)c(N)cc2OC)N1CC. The number of ketones is 1. The molecule has 30 heavy (non-hydrogen) atoms. The predicted molar refractivity (Wildman–Crippen MR) is 117 cm³/mol. The molecule has 0 spiro atoms. The Balaban J connectivity index is 2.16. The van der Waals surface area contributed by atoms with Crippen molar-refractivity contribution < 1.29 is 22.7 Å². The van der Waals surface area contributed by atoms with Crippen LogP contribution in [0.15, 0.2) is 17.0 Å². The third-order valence-corrected chi connectivity index (χ3v) is 7.57. The number of ether oxygens (including phenoxy) is 1. The van der Waals surface area contributed by atoms with E-state index in [2.05, 4.69) is 17.1 Å². The average Bonchev–Trinajstić information content (AvgIpc) is 3.12. The lowest BCUT2D eigenvalue weighted by atomic mass is 10.1. The molecule has 1 aliphatic rings. The summed E-state index contributed by atoms with van der Waals surface area (Å²) in [6.07, 6.45) is 2.89. The molecule has 1 aromatic carbocycles. The van der Waals surface area contributed by atoms with Gasteiger partial charge < -0.3 is 15.8 Å². The Morgan fingerprint density at radius 3 is 2.43 bits per heavy atom. The molecular formula is C21H33N3O5S. The van der Waals surface area contributed by atoms with E-state index in [0.717, 1.165) is 19.4 Å². The molecule has 3 N–H and O–H groups in total. The number of likely N-dealkylation sites (N-methyl/N-ethyl adjacent to an activating group) is 1. The Labute approximate surface area is 179 Å². The van der Waals surface area contributed by atoms with Crippen molar-refractivity contribution in [2.75, 3.05) is 31.7 Å². The second kappa shape index (κ2) is 10.3. The van der Waals surface area contributed by atoms with Gasteiger partial charge in [-0.2, -0.15) is 0 Å². The van der Waals surface area contributed by atoms with Crippen molar-refractivity contribution in [1.29, 1.82) is 0 Å². The van der Waals surface area contributed by atoms with Crippen LogP contribution in [0.5, 0.6) is 5.75 Å². The lowest BCUT2D eigenvalue weighted by Gasteiger charge is -2.29. The number of anilines is 1. The number of benzene rings is 1. The number of nitrogens with one attached hydrogen (secondary N) is 1. The van der Waals surface area contributed by atoms with Crippen LogP contribution < -0.4 is 15.8 Å². The van der Waals surface area contributed by atoms with Gasteiger partial charge in [0.25, 0.3) is 5.91 Å². The minimum atomic E-state index is -3.58. The number of methoxy groups -OCH3 is 1. The third kappa shape index (κ3) is 5.31. The summed E-state index contributed by atoms with van der Waals surface area (Å²) < 4.78 is 29.9. The minimum Gasteiger partial charge on any atom is -0.496 e. The Kier molecular flexibility index (Phi) is 8.25. The lowest BCUT2D eigenvalue weighted by molar-refractivity contribution is -0.119. The van der Waals surface area contributed by atoms with Crippen molar-refractivity contribution in [2.24, 2.45) is 0 Å². The first-order valence-corrected chi connectivity index (χ1v) is 12.1. The molecule has 1 amide bonds. The summed E-state index contributed by atoms with van der Waals surface area (Å²) >= 11 is 0. The molecular weight excluding hydrogens is 406 g/mol. The van der Waals surface area contributed by atoms with Gasteiger partial charge in [-0.3, -0.25) is 14.5 Å². The Morgan fingerprint density at radius 2 is 1.87 bits per heavy atom. The van der Waals surface area contributed by atoms with Crippen LogP contribution in [0.1, 0.15) is 56.8 Å². The maximum absolute atomic E-state index is 12.9. The molecule has 1 aliphatic heterocycles. The largest absolute Gasteiger partial charge is 0.496 e. The van der Waals surface area contributed by atoms with Gasteiger partial charge in [-0.25, -0.2) is 8.42 Å². The van der Waals surface area contributed by atoms with Gasteiger partial charge in [-0.1, -0.05) is 20.8 Å². The summed E-state index contributed by atoms with van der Waals surface area (Å²) in [6.45, 7) is 6.66. The van der Waals surface area contributed by atoms with Crippen LogP contribution >= 0.6 is 0 Å². The predicted octanol–water partition coefficient (Wildman–Crippen LogP) is 2.02. The number of carbonyl (C=O) groups excluding carboxylic acids is 2. The lowest BCUT2D eigenvalue weighted by Crippen LogP contribution is -2.43. The van der Waals surface area contributed by atoms with Gasteiger partial charge in [-0.05, 0) is 25.5 Å². The van der Waals surface area contributed by atoms with Crippen LogP contribution in [0.25, 0.3) is 0 Å². The van der Waals surface area contributed by atoms with Crippen LogP contribution in [0.3, 0.4) is 0 Å². The maximum atomic E-state index is 12.9. The van der Waals surface area contributed by atoms with Gasteiger partial charge in [0.05, 0.1) is 29.0 Å². The van der Waals surface area contributed by atoms with Crippen LogP contribution in [0.4, 0.5) is 5.69 Å². The summed E-state index contributed by atoms with van der Waals surface area (Å²) in [7, 11) is -2.17. The number of hydrogen-bond acceptors (Lipinski definition) is 7. The van der Waals surface area contributed by atoms with Gasteiger partial charge in [0.15, 0.2) is 9.84 Å². The number of rotatable bonds is 10. The molecule has 1 aromatic rings. The Bertz CT molecular complexity index is 885. The molecule has 0 radical (unpaired) electrons. The molecule has 0 saturated carbocycles. The number of nitrogens with two attached hydrogens (primary N) is 1. The molecule has 1 unspecified atom stereocenters. The second-order valence-corrected chi connectivity index (χ2v) is 9.76. The Hall–Kier alpha value is -2.13. The van der Waals surface area contributed by atoms with Crippen LogP contribution in [-0.4, -0.2) is 63.0 Å². The number of hydrogen-bond donors (Lipinski definition) is 2. The highest BCUT2D eigenvalue weighted by Crippen LogP contribution is 2.30. The fourth-order valence-electron chi connectivity index (χ4n) is 4.03. The molecule has 2 atom stereocenters. The van der Waals surface area contributed by atoms with Crippen LogP contribution in [0.2, 0.25) is 0 Å². The first kappa shape index (κ1) is 24.1. The summed E-state index contributed by atoms with van der Waals surface area (Å²) in [5.74, 6) is -0.0519. The number of likely N-dealkylation sites (tertiary alicyclic amines) is 1. The number of Topliss-reactive ketones (excluding diaryl/α,β-unsaturated/α-hetero) is 1. The fraction of sp³-hybridized carbons (Fsp3) is 0.619. The minimum absolute atomic E-state index is 0.0571. The van der Waals surface area contributed by atoms with Crippen molar-refractivity contribution >= 4 is 27.2 Å². The van der Waals surface area contributed by atoms with Crippen molar-refractivity contribution in [2.45, 2.75) is 63.4 Å². The highest BCUT2D eigenvalue weighted by molar-refractivity contribution is 7.91. The number of carbonyl (C=O) groups is 2. The maximum Gasteiger partial charge on any atom is 0.255 e. The van der Waals surface area contributed by atoms with Crippen LogP contribution in [0, 0.1) is 0 Å². The van der Waals surface area contributed by atoms with E-state index >= 15 is 0 Å². The van der Waals surface area contributed by atoms with Gasteiger partial charge in [0.2, 0.25) is 0 Å². The van der Waals surface area contributed by atoms with E-state index in [1.165, 1.54) is 26.2 Å². The molecule has 8 nitrogen and oxygen atoms in total. The number of nitrogen functional groups attached to an aromatic ring is 1.